The van der Waals surface area contributed by atoms with Crippen molar-refractivity contribution in [3.8, 4) is 0 Å². The van der Waals surface area contributed by atoms with Crippen molar-refractivity contribution in [2.24, 2.45) is 0 Å². The highest BCUT2D eigenvalue weighted by molar-refractivity contribution is 8.01. The SMILES string of the molecule is CCOC(=O)C1=C(COC(=O)[C@H]2CS[C@@]3(C)CCC(=O)N23)NC(=O)N[C@@H]1CC. The van der Waals surface area contributed by atoms with Gasteiger partial charge in [-0.1, -0.05) is 6.92 Å². The van der Waals surface area contributed by atoms with Gasteiger partial charge in [0, 0.05) is 12.2 Å². The zero-order valence-corrected chi connectivity index (χ0v) is 17.0. The molecule has 3 amide bonds. The highest BCUT2D eigenvalue weighted by Gasteiger charge is 2.53. The Balaban J connectivity index is 1.75. The van der Waals surface area contributed by atoms with Crippen molar-refractivity contribution in [2.75, 3.05) is 19.0 Å². The highest BCUT2D eigenvalue weighted by Crippen LogP contribution is 2.47. The third kappa shape index (κ3) is 3.69. The van der Waals surface area contributed by atoms with Gasteiger partial charge in [-0.05, 0) is 26.7 Å². The molecule has 0 spiro atoms. The van der Waals surface area contributed by atoms with Crippen molar-refractivity contribution in [2.45, 2.75) is 57.0 Å². The molecule has 0 aliphatic carbocycles. The van der Waals surface area contributed by atoms with Crippen LogP contribution in [0.5, 0.6) is 0 Å². The van der Waals surface area contributed by atoms with E-state index in [1.165, 1.54) is 0 Å². The molecule has 3 heterocycles. The Morgan fingerprint density at radius 1 is 1.29 bits per heavy atom. The van der Waals surface area contributed by atoms with Gasteiger partial charge in [0.25, 0.3) is 0 Å². The van der Waals surface area contributed by atoms with E-state index in [9.17, 15) is 19.2 Å². The molecule has 2 saturated heterocycles. The number of urea groups is 1. The molecule has 3 aliphatic heterocycles. The van der Waals surface area contributed by atoms with E-state index in [4.69, 9.17) is 9.47 Å². The maximum Gasteiger partial charge on any atom is 0.338 e. The molecule has 0 aromatic heterocycles. The molecule has 9 nitrogen and oxygen atoms in total. The monoisotopic (exact) mass is 411 g/mol. The molecule has 3 rings (SSSR count). The van der Waals surface area contributed by atoms with Crippen molar-refractivity contribution < 1.29 is 28.7 Å². The summed E-state index contributed by atoms with van der Waals surface area (Å²) in [6.45, 7) is 5.39. The van der Waals surface area contributed by atoms with E-state index in [2.05, 4.69) is 10.6 Å². The summed E-state index contributed by atoms with van der Waals surface area (Å²) in [6, 6.07) is -1.65. The first-order valence-corrected chi connectivity index (χ1v) is 10.4. The Hall–Kier alpha value is -2.23. The predicted octanol–water partition coefficient (Wildman–Crippen LogP) is 0.892. The van der Waals surface area contributed by atoms with Crippen LogP contribution >= 0.6 is 11.8 Å². The molecule has 0 aromatic rings. The number of esters is 2. The average molecular weight is 411 g/mol. The summed E-state index contributed by atoms with van der Waals surface area (Å²) in [5.41, 5.74) is 0.461. The second kappa shape index (κ2) is 8.02. The molecular formula is C18H25N3O6S. The Morgan fingerprint density at radius 3 is 2.71 bits per heavy atom. The van der Waals surface area contributed by atoms with Crippen LogP contribution in [0, 0.1) is 0 Å². The number of carbonyl (C=O) groups excluding carboxylic acids is 4. The number of hydrogen-bond donors (Lipinski definition) is 2. The number of nitrogens with one attached hydrogen (secondary N) is 2. The number of fused-ring (bicyclic) bond motifs is 1. The molecule has 0 saturated carbocycles. The number of amides is 3. The molecule has 3 atom stereocenters. The van der Waals surface area contributed by atoms with Gasteiger partial charge in [0.15, 0.2) is 0 Å². The van der Waals surface area contributed by atoms with E-state index in [1.54, 1.807) is 23.6 Å². The highest BCUT2D eigenvalue weighted by atomic mass is 32.2. The van der Waals surface area contributed by atoms with Gasteiger partial charge in [0.1, 0.15) is 12.6 Å². The van der Waals surface area contributed by atoms with E-state index in [0.717, 1.165) is 0 Å². The third-order valence-electron chi connectivity index (χ3n) is 5.22. The number of rotatable bonds is 6. The van der Waals surface area contributed by atoms with Crippen molar-refractivity contribution in [3.05, 3.63) is 11.3 Å². The minimum absolute atomic E-state index is 0.0536. The molecule has 2 N–H and O–H groups in total. The van der Waals surface area contributed by atoms with E-state index in [1.807, 2.05) is 13.8 Å². The van der Waals surface area contributed by atoms with E-state index >= 15 is 0 Å². The molecule has 0 radical (unpaired) electrons. The Bertz CT molecular complexity index is 739. The molecule has 154 valence electrons. The lowest BCUT2D eigenvalue weighted by Crippen LogP contribution is -2.51. The lowest BCUT2D eigenvalue weighted by atomic mass is 10.0. The summed E-state index contributed by atoms with van der Waals surface area (Å²) in [6.07, 6.45) is 1.61. The number of thioether (sulfide) groups is 1. The van der Waals surface area contributed by atoms with E-state index < -0.39 is 30.1 Å². The van der Waals surface area contributed by atoms with Gasteiger partial charge < -0.3 is 25.0 Å². The first-order valence-electron chi connectivity index (χ1n) is 9.41. The number of carbonyl (C=O) groups is 4. The van der Waals surface area contributed by atoms with Gasteiger partial charge in [-0.3, -0.25) is 4.79 Å². The van der Waals surface area contributed by atoms with Gasteiger partial charge >= 0.3 is 18.0 Å². The summed E-state index contributed by atoms with van der Waals surface area (Å²) in [4.78, 5) is 50.3. The van der Waals surface area contributed by atoms with E-state index in [-0.39, 0.29) is 35.3 Å². The fraction of sp³-hybridized carbons (Fsp3) is 0.667. The second-order valence-electron chi connectivity index (χ2n) is 7.05. The van der Waals surface area contributed by atoms with Crippen molar-refractivity contribution in [3.63, 3.8) is 0 Å². The van der Waals surface area contributed by atoms with Crippen LogP contribution in [0.15, 0.2) is 11.3 Å². The van der Waals surface area contributed by atoms with E-state index in [0.29, 0.717) is 25.0 Å². The molecule has 0 unspecified atom stereocenters. The topological polar surface area (TPSA) is 114 Å². The summed E-state index contributed by atoms with van der Waals surface area (Å²) in [7, 11) is 0. The zero-order valence-electron chi connectivity index (χ0n) is 16.2. The van der Waals surface area contributed by atoms with Gasteiger partial charge in [-0.15, -0.1) is 11.8 Å². The summed E-state index contributed by atoms with van der Waals surface area (Å²) < 4.78 is 10.5. The average Bonchev–Trinajstić information content (AvgIpc) is 3.15. The lowest BCUT2D eigenvalue weighted by molar-refractivity contribution is -0.153. The van der Waals surface area contributed by atoms with Crippen LogP contribution < -0.4 is 10.6 Å². The molecule has 28 heavy (non-hydrogen) atoms. The van der Waals surface area contributed by atoms with Crippen LogP contribution in [-0.2, 0) is 23.9 Å². The maximum absolute atomic E-state index is 12.7. The van der Waals surface area contributed by atoms with Gasteiger partial charge in [0.2, 0.25) is 5.91 Å². The van der Waals surface area contributed by atoms with Crippen LogP contribution in [0.3, 0.4) is 0 Å². The predicted molar refractivity (Wildman–Crippen MR) is 101 cm³/mol. The lowest BCUT2D eigenvalue weighted by Gasteiger charge is -2.30. The molecule has 0 bridgehead atoms. The summed E-state index contributed by atoms with van der Waals surface area (Å²) in [5.74, 6) is -0.687. The Morgan fingerprint density at radius 2 is 2.04 bits per heavy atom. The molecule has 3 aliphatic rings. The Kier molecular flexibility index (Phi) is 5.87. The maximum atomic E-state index is 12.7. The quantitative estimate of drug-likeness (QED) is 0.624. The fourth-order valence-electron chi connectivity index (χ4n) is 3.81. The minimum Gasteiger partial charge on any atom is -0.463 e. The van der Waals surface area contributed by atoms with Crippen LogP contribution in [0.4, 0.5) is 4.79 Å². The first kappa shape index (κ1) is 20.5. The first-order chi connectivity index (χ1) is 13.3. The normalized spacial score (nSPS) is 29.3. The standard InChI is InChI=1S/C18H25N3O6S/c1-4-10-14(16(24)26-5-2)11(20-17(25)19-10)8-27-15(23)12-9-28-18(3)7-6-13(22)21(12)18/h10,12H,4-9H2,1-3H3,(H2,19,20,25)/t10-,12-,18+/m1/s1. The van der Waals surface area contributed by atoms with Crippen LogP contribution in [0.1, 0.15) is 40.0 Å². The van der Waals surface area contributed by atoms with Crippen LogP contribution in [-0.4, -0.2) is 64.7 Å². The van der Waals surface area contributed by atoms with Crippen LogP contribution in [0.2, 0.25) is 0 Å². The van der Waals surface area contributed by atoms with Crippen molar-refractivity contribution in [1.29, 1.82) is 0 Å². The molecule has 2 fully saturated rings. The Labute approximate surface area is 167 Å². The molecular weight excluding hydrogens is 386 g/mol. The summed E-state index contributed by atoms with van der Waals surface area (Å²) >= 11 is 1.57. The van der Waals surface area contributed by atoms with Crippen molar-refractivity contribution >= 4 is 35.6 Å². The van der Waals surface area contributed by atoms with Gasteiger partial charge in [-0.25, -0.2) is 14.4 Å². The summed E-state index contributed by atoms with van der Waals surface area (Å²) in [5, 5.41) is 5.21. The number of nitrogens with zero attached hydrogens (tertiary/aromatic N) is 1. The van der Waals surface area contributed by atoms with Gasteiger partial charge in [-0.2, -0.15) is 0 Å². The molecule has 0 aromatic carbocycles. The zero-order chi connectivity index (χ0) is 20.5. The van der Waals surface area contributed by atoms with Gasteiger partial charge in [0.05, 0.1) is 28.8 Å². The fourth-order valence-corrected chi connectivity index (χ4v) is 5.23. The van der Waals surface area contributed by atoms with Crippen LogP contribution in [0.25, 0.3) is 0 Å². The van der Waals surface area contributed by atoms with Crippen molar-refractivity contribution in [1.82, 2.24) is 15.5 Å². The smallest absolute Gasteiger partial charge is 0.338 e. The number of hydrogen-bond acceptors (Lipinski definition) is 7. The largest absolute Gasteiger partial charge is 0.463 e. The minimum atomic E-state index is -0.656. The third-order valence-corrected chi connectivity index (χ3v) is 6.73. The number of ether oxygens (including phenoxy) is 2. The molecule has 10 heteroatoms. The second-order valence-corrected chi connectivity index (χ2v) is 8.55.